The van der Waals surface area contributed by atoms with Crippen LogP contribution >= 0.6 is 0 Å². The van der Waals surface area contributed by atoms with Crippen molar-refractivity contribution in [1.82, 2.24) is 5.32 Å². The van der Waals surface area contributed by atoms with Crippen molar-refractivity contribution in [2.45, 2.75) is 52.5 Å². The maximum atomic E-state index is 3.69. The van der Waals surface area contributed by atoms with Crippen molar-refractivity contribution in [3.8, 4) is 0 Å². The summed E-state index contributed by atoms with van der Waals surface area (Å²) in [4.78, 5) is 2.57. The van der Waals surface area contributed by atoms with E-state index >= 15 is 0 Å². The van der Waals surface area contributed by atoms with Crippen molar-refractivity contribution in [3.63, 3.8) is 0 Å². The van der Waals surface area contributed by atoms with E-state index in [0.717, 1.165) is 13.1 Å². The summed E-state index contributed by atoms with van der Waals surface area (Å²) in [5.74, 6) is 0.708. The van der Waals surface area contributed by atoms with Crippen LogP contribution in [-0.2, 0) is 6.42 Å². The monoisotopic (exact) mass is 274 g/mol. The summed E-state index contributed by atoms with van der Waals surface area (Å²) in [5.41, 5.74) is 2.86. The minimum absolute atomic E-state index is 0.680. The van der Waals surface area contributed by atoms with Crippen molar-refractivity contribution in [2.24, 2.45) is 5.92 Å². The lowest BCUT2D eigenvalue weighted by Gasteiger charge is -2.33. The highest BCUT2D eigenvalue weighted by atomic mass is 15.1. The molecule has 1 N–H and O–H groups in total. The third-order valence-electron chi connectivity index (χ3n) is 4.37. The van der Waals surface area contributed by atoms with Gasteiger partial charge in [0.1, 0.15) is 0 Å². The zero-order valence-electron chi connectivity index (χ0n) is 13.4. The maximum absolute atomic E-state index is 3.69. The van der Waals surface area contributed by atoms with Crippen molar-refractivity contribution < 1.29 is 0 Å². The maximum Gasteiger partial charge on any atom is 0.0366 e. The average molecular weight is 274 g/mol. The summed E-state index contributed by atoms with van der Waals surface area (Å²) in [5, 5.41) is 3.69. The fourth-order valence-electron chi connectivity index (χ4n) is 3.06. The molecule has 1 aliphatic rings. The van der Waals surface area contributed by atoms with Gasteiger partial charge in [0.2, 0.25) is 0 Å². The Bertz CT molecular complexity index is 385. The molecule has 0 spiro atoms. The summed E-state index contributed by atoms with van der Waals surface area (Å²) >= 11 is 0. The number of nitrogens with zero attached hydrogens (tertiary/aromatic N) is 1. The number of aryl methyl sites for hydroxylation is 1. The largest absolute Gasteiger partial charge is 0.371 e. The molecule has 0 amide bonds. The molecule has 1 saturated heterocycles. The Balaban J connectivity index is 2.04. The first-order valence-corrected chi connectivity index (χ1v) is 8.30. The lowest BCUT2D eigenvalue weighted by molar-refractivity contribution is 0.388. The quantitative estimate of drug-likeness (QED) is 0.897. The van der Waals surface area contributed by atoms with Gasteiger partial charge in [-0.05, 0) is 49.4 Å². The van der Waals surface area contributed by atoms with Gasteiger partial charge in [0.15, 0.2) is 0 Å². The molecule has 2 rings (SSSR count). The summed E-state index contributed by atoms with van der Waals surface area (Å²) in [7, 11) is 0. The molecule has 0 radical (unpaired) electrons. The number of nitrogens with one attached hydrogen (secondary N) is 1. The molecule has 0 bridgehead atoms. The lowest BCUT2D eigenvalue weighted by atomic mass is 10.0. The molecule has 0 saturated carbocycles. The Morgan fingerprint density at radius 1 is 1.20 bits per heavy atom. The van der Waals surface area contributed by atoms with E-state index in [4.69, 9.17) is 0 Å². The van der Waals surface area contributed by atoms with E-state index in [1.54, 1.807) is 0 Å². The first-order chi connectivity index (χ1) is 9.72. The molecule has 0 aromatic heterocycles. The minimum atomic E-state index is 0.680. The normalized spacial score (nSPS) is 24.2. The molecule has 0 aliphatic carbocycles. The molecule has 1 aromatic rings. The van der Waals surface area contributed by atoms with Crippen LogP contribution in [0.4, 0.5) is 5.69 Å². The summed E-state index contributed by atoms with van der Waals surface area (Å²) < 4.78 is 0. The standard InChI is InChI=1S/C18H30N2/c1-4-6-16-7-9-18(10-8-16)20-12-11-17(5-2)19-13-15(3)14-20/h7-10,15,17,19H,4-6,11-14H2,1-3H3. The number of rotatable bonds is 4. The summed E-state index contributed by atoms with van der Waals surface area (Å²) in [6.07, 6.45) is 4.90. The lowest BCUT2D eigenvalue weighted by Crippen LogP contribution is -2.43. The molecule has 1 aliphatic heterocycles. The first kappa shape index (κ1) is 15.4. The van der Waals surface area contributed by atoms with E-state index < -0.39 is 0 Å². The van der Waals surface area contributed by atoms with Gasteiger partial charge in [-0.15, -0.1) is 0 Å². The van der Waals surface area contributed by atoms with Crippen LogP contribution in [0.1, 0.15) is 45.6 Å². The van der Waals surface area contributed by atoms with Crippen molar-refractivity contribution in [3.05, 3.63) is 29.8 Å². The Morgan fingerprint density at radius 3 is 2.60 bits per heavy atom. The van der Waals surface area contributed by atoms with E-state index in [2.05, 4.69) is 55.3 Å². The second-order valence-electron chi connectivity index (χ2n) is 6.27. The van der Waals surface area contributed by atoms with Crippen LogP contribution in [0.15, 0.2) is 24.3 Å². The van der Waals surface area contributed by atoms with Crippen LogP contribution in [0.3, 0.4) is 0 Å². The Morgan fingerprint density at radius 2 is 1.95 bits per heavy atom. The topological polar surface area (TPSA) is 15.3 Å². The summed E-state index contributed by atoms with van der Waals surface area (Å²) in [6, 6.07) is 9.91. The van der Waals surface area contributed by atoms with Crippen LogP contribution in [0.25, 0.3) is 0 Å². The Hall–Kier alpha value is -1.02. The van der Waals surface area contributed by atoms with Crippen molar-refractivity contribution >= 4 is 5.69 Å². The van der Waals surface area contributed by atoms with Crippen LogP contribution in [0.5, 0.6) is 0 Å². The minimum Gasteiger partial charge on any atom is -0.371 e. The molecule has 1 fully saturated rings. The zero-order chi connectivity index (χ0) is 14.4. The van der Waals surface area contributed by atoms with Crippen molar-refractivity contribution in [2.75, 3.05) is 24.5 Å². The highest BCUT2D eigenvalue weighted by molar-refractivity contribution is 5.47. The van der Waals surface area contributed by atoms with Gasteiger partial charge in [0.05, 0.1) is 0 Å². The number of hydrogen-bond donors (Lipinski definition) is 1. The Kier molecular flexibility index (Phi) is 5.90. The van der Waals surface area contributed by atoms with Crippen molar-refractivity contribution in [1.29, 1.82) is 0 Å². The average Bonchev–Trinajstić information content (AvgIpc) is 2.45. The molecule has 2 heteroatoms. The first-order valence-electron chi connectivity index (χ1n) is 8.30. The Labute approximate surface area is 124 Å². The van der Waals surface area contributed by atoms with E-state index in [0.29, 0.717) is 12.0 Å². The fraction of sp³-hybridized carbons (Fsp3) is 0.667. The molecule has 20 heavy (non-hydrogen) atoms. The molecule has 112 valence electrons. The molecular weight excluding hydrogens is 244 g/mol. The van der Waals surface area contributed by atoms with Gasteiger partial charge in [-0.1, -0.05) is 39.3 Å². The number of hydrogen-bond acceptors (Lipinski definition) is 2. The molecule has 1 aromatic carbocycles. The fourth-order valence-corrected chi connectivity index (χ4v) is 3.06. The second kappa shape index (κ2) is 7.68. The molecule has 2 nitrogen and oxygen atoms in total. The van der Waals surface area contributed by atoms with E-state index in [1.807, 2.05) is 0 Å². The van der Waals surface area contributed by atoms with Crippen LogP contribution in [-0.4, -0.2) is 25.7 Å². The van der Waals surface area contributed by atoms with E-state index in [1.165, 1.54) is 43.5 Å². The second-order valence-corrected chi connectivity index (χ2v) is 6.27. The van der Waals surface area contributed by atoms with Gasteiger partial charge in [-0.25, -0.2) is 0 Å². The third kappa shape index (κ3) is 4.24. The predicted octanol–water partition coefficient (Wildman–Crippen LogP) is 3.85. The zero-order valence-corrected chi connectivity index (χ0v) is 13.4. The number of anilines is 1. The van der Waals surface area contributed by atoms with Gasteiger partial charge in [0, 0.05) is 24.8 Å². The van der Waals surface area contributed by atoms with E-state index in [-0.39, 0.29) is 0 Å². The molecular formula is C18H30N2. The van der Waals surface area contributed by atoms with Crippen LogP contribution < -0.4 is 10.2 Å². The summed E-state index contributed by atoms with van der Waals surface area (Å²) in [6.45, 7) is 10.4. The SMILES string of the molecule is CCCc1ccc(N2CCC(CC)NCC(C)C2)cc1. The highest BCUT2D eigenvalue weighted by Crippen LogP contribution is 2.20. The third-order valence-corrected chi connectivity index (χ3v) is 4.37. The predicted molar refractivity (Wildman–Crippen MR) is 88.5 cm³/mol. The molecule has 1 heterocycles. The van der Waals surface area contributed by atoms with Gasteiger partial charge in [-0.2, -0.15) is 0 Å². The number of benzene rings is 1. The molecule has 2 atom stereocenters. The molecule has 2 unspecified atom stereocenters. The van der Waals surface area contributed by atoms with Gasteiger partial charge < -0.3 is 10.2 Å². The smallest absolute Gasteiger partial charge is 0.0366 e. The van der Waals surface area contributed by atoms with Gasteiger partial charge in [0.25, 0.3) is 0 Å². The van der Waals surface area contributed by atoms with Gasteiger partial charge >= 0.3 is 0 Å². The van der Waals surface area contributed by atoms with Gasteiger partial charge in [-0.3, -0.25) is 0 Å². The highest BCUT2D eigenvalue weighted by Gasteiger charge is 2.17. The van der Waals surface area contributed by atoms with Crippen LogP contribution in [0, 0.1) is 5.92 Å². The van der Waals surface area contributed by atoms with E-state index in [9.17, 15) is 0 Å². The van der Waals surface area contributed by atoms with Crippen LogP contribution in [0.2, 0.25) is 0 Å².